The molecule has 3 aromatic rings. The van der Waals surface area contributed by atoms with Gasteiger partial charge in [0.2, 0.25) is 5.75 Å². The van der Waals surface area contributed by atoms with Crippen LogP contribution in [0.2, 0.25) is 0 Å². The van der Waals surface area contributed by atoms with E-state index in [4.69, 9.17) is 18.9 Å². The molecule has 0 spiro atoms. The first-order valence-corrected chi connectivity index (χ1v) is 11.5. The topological polar surface area (TPSA) is 99.2 Å². The van der Waals surface area contributed by atoms with Gasteiger partial charge in [0.25, 0.3) is 11.8 Å². The van der Waals surface area contributed by atoms with Crippen LogP contribution in [0, 0.1) is 0 Å². The molecule has 1 aliphatic rings. The van der Waals surface area contributed by atoms with Gasteiger partial charge >= 0.3 is 0 Å². The number of pyridine rings is 1. The highest BCUT2D eigenvalue weighted by Gasteiger charge is 2.19. The van der Waals surface area contributed by atoms with E-state index in [9.17, 15) is 9.59 Å². The molecule has 0 bridgehead atoms. The molecular formula is C27H29N3O6. The quantitative estimate of drug-likeness (QED) is 0.517. The molecule has 0 aliphatic carbocycles. The number of hydrogen-bond acceptors (Lipinski definition) is 7. The number of amides is 2. The van der Waals surface area contributed by atoms with E-state index in [2.05, 4.69) is 10.3 Å². The molecular weight excluding hydrogens is 462 g/mol. The lowest BCUT2D eigenvalue weighted by Gasteiger charge is -2.26. The molecule has 0 radical (unpaired) electrons. The molecule has 2 heterocycles. The lowest BCUT2D eigenvalue weighted by molar-refractivity contribution is 0.0303. The minimum atomic E-state index is -0.266. The fourth-order valence-electron chi connectivity index (χ4n) is 4.00. The summed E-state index contributed by atoms with van der Waals surface area (Å²) in [6, 6.07) is 12.7. The molecule has 1 aliphatic heterocycles. The summed E-state index contributed by atoms with van der Waals surface area (Å²) in [5.41, 5.74) is 3.48. The van der Waals surface area contributed by atoms with Crippen molar-refractivity contribution in [1.29, 1.82) is 0 Å². The Bertz CT molecular complexity index is 1200. The first-order chi connectivity index (χ1) is 17.5. The molecule has 1 N–H and O–H groups in total. The van der Waals surface area contributed by atoms with Gasteiger partial charge in [0.1, 0.15) is 0 Å². The van der Waals surface area contributed by atoms with Gasteiger partial charge in [-0.15, -0.1) is 0 Å². The molecule has 1 saturated heterocycles. The van der Waals surface area contributed by atoms with Gasteiger partial charge in [-0.05, 0) is 41.5 Å². The van der Waals surface area contributed by atoms with Crippen molar-refractivity contribution in [3.8, 4) is 28.4 Å². The molecule has 1 aromatic heterocycles. The van der Waals surface area contributed by atoms with Crippen LogP contribution in [0.3, 0.4) is 0 Å². The summed E-state index contributed by atoms with van der Waals surface area (Å²) in [5.74, 6) is 1.24. The van der Waals surface area contributed by atoms with E-state index in [0.29, 0.717) is 54.7 Å². The van der Waals surface area contributed by atoms with E-state index in [1.165, 1.54) is 13.3 Å². The van der Waals surface area contributed by atoms with Crippen LogP contribution in [0.1, 0.15) is 26.3 Å². The zero-order valence-electron chi connectivity index (χ0n) is 20.6. The number of rotatable bonds is 8. The number of hydrogen-bond donors (Lipinski definition) is 1. The highest BCUT2D eigenvalue weighted by molar-refractivity contribution is 5.96. The van der Waals surface area contributed by atoms with Crippen molar-refractivity contribution in [3.63, 3.8) is 0 Å². The number of nitrogens with one attached hydrogen (secondary N) is 1. The highest BCUT2D eigenvalue weighted by Crippen LogP contribution is 2.38. The first kappa shape index (κ1) is 25.0. The van der Waals surface area contributed by atoms with E-state index >= 15 is 0 Å². The van der Waals surface area contributed by atoms with Gasteiger partial charge < -0.3 is 29.2 Å². The number of ether oxygens (including phenoxy) is 4. The highest BCUT2D eigenvalue weighted by atomic mass is 16.5. The number of benzene rings is 2. The SMILES string of the molecule is COc1cc(CNC(=O)c2cncc(-c3ccc(C(=O)N4CCOCC4)cc3)c2)cc(OC)c1OC. The summed E-state index contributed by atoms with van der Waals surface area (Å²) < 4.78 is 21.4. The third kappa shape index (κ3) is 5.58. The maximum atomic E-state index is 12.9. The largest absolute Gasteiger partial charge is 0.493 e. The maximum Gasteiger partial charge on any atom is 0.254 e. The van der Waals surface area contributed by atoms with Gasteiger partial charge in [0.15, 0.2) is 11.5 Å². The Morgan fingerprint density at radius 1 is 0.889 bits per heavy atom. The molecule has 9 heteroatoms. The van der Waals surface area contributed by atoms with Crippen LogP contribution in [0.25, 0.3) is 11.1 Å². The predicted octanol–water partition coefficient (Wildman–Crippen LogP) is 3.18. The number of carbonyl (C=O) groups excluding carboxylic acids is 2. The Labute approximate surface area is 209 Å². The molecule has 1 fully saturated rings. The van der Waals surface area contributed by atoms with E-state index < -0.39 is 0 Å². The standard InChI is InChI=1S/C27H29N3O6/c1-33-23-12-18(13-24(34-2)25(23)35-3)15-29-26(31)22-14-21(16-28-17-22)19-4-6-20(7-5-19)27(32)30-8-10-36-11-9-30/h4-7,12-14,16-17H,8-11,15H2,1-3H3,(H,29,31). The van der Waals surface area contributed by atoms with Crippen molar-refractivity contribution in [3.05, 3.63) is 71.5 Å². The van der Waals surface area contributed by atoms with E-state index in [-0.39, 0.29) is 18.4 Å². The van der Waals surface area contributed by atoms with Gasteiger partial charge in [-0.2, -0.15) is 0 Å². The van der Waals surface area contributed by atoms with Crippen molar-refractivity contribution in [1.82, 2.24) is 15.2 Å². The second-order valence-electron chi connectivity index (χ2n) is 8.16. The maximum absolute atomic E-state index is 12.9. The van der Waals surface area contributed by atoms with Crippen molar-refractivity contribution < 1.29 is 28.5 Å². The third-order valence-corrected chi connectivity index (χ3v) is 5.94. The van der Waals surface area contributed by atoms with Crippen LogP contribution in [0.5, 0.6) is 17.2 Å². The van der Waals surface area contributed by atoms with Gasteiger partial charge in [0, 0.05) is 43.2 Å². The molecule has 2 aromatic carbocycles. The van der Waals surface area contributed by atoms with E-state index in [0.717, 1.165) is 16.7 Å². The number of methoxy groups -OCH3 is 3. The summed E-state index contributed by atoms with van der Waals surface area (Å²) >= 11 is 0. The average Bonchev–Trinajstić information content (AvgIpc) is 2.95. The normalized spacial score (nSPS) is 13.1. The Morgan fingerprint density at radius 2 is 1.56 bits per heavy atom. The van der Waals surface area contributed by atoms with Gasteiger partial charge in [0.05, 0.1) is 40.1 Å². The van der Waals surface area contributed by atoms with Crippen LogP contribution in [0.15, 0.2) is 54.9 Å². The summed E-state index contributed by atoms with van der Waals surface area (Å²) in [7, 11) is 4.63. The lowest BCUT2D eigenvalue weighted by Crippen LogP contribution is -2.40. The van der Waals surface area contributed by atoms with Crippen molar-refractivity contribution in [2.45, 2.75) is 6.54 Å². The van der Waals surface area contributed by atoms with Crippen LogP contribution < -0.4 is 19.5 Å². The molecule has 0 unspecified atom stereocenters. The first-order valence-electron chi connectivity index (χ1n) is 11.5. The Morgan fingerprint density at radius 3 is 2.17 bits per heavy atom. The Kier molecular flexibility index (Phi) is 8.02. The van der Waals surface area contributed by atoms with E-state index in [1.807, 2.05) is 12.1 Å². The predicted molar refractivity (Wildman–Crippen MR) is 134 cm³/mol. The van der Waals surface area contributed by atoms with Crippen LogP contribution in [-0.4, -0.2) is 69.3 Å². The van der Waals surface area contributed by atoms with Crippen LogP contribution >= 0.6 is 0 Å². The molecule has 0 atom stereocenters. The summed E-state index contributed by atoms with van der Waals surface area (Å²) in [6.45, 7) is 2.57. The van der Waals surface area contributed by atoms with Crippen LogP contribution in [0.4, 0.5) is 0 Å². The zero-order valence-corrected chi connectivity index (χ0v) is 20.6. The molecule has 36 heavy (non-hydrogen) atoms. The third-order valence-electron chi connectivity index (χ3n) is 5.94. The smallest absolute Gasteiger partial charge is 0.254 e. The fraction of sp³-hybridized carbons (Fsp3) is 0.296. The van der Waals surface area contributed by atoms with Crippen molar-refractivity contribution in [2.75, 3.05) is 47.6 Å². The van der Waals surface area contributed by atoms with E-state index in [1.54, 1.807) is 55.6 Å². The molecule has 4 rings (SSSR count). The Hall–Kier alpha value is -4.11. The Balaban J connectivity index is 1.44. The fourth-order valence-corrected chi connectivity index (χ4v) is 4.00. The molecule has 9 nitrogen and oxygen atoms in total. The second-order valence-corrected chi connectivity index (χ2v) is 8.16. The molecule has 0 saturated carbocycles. The van der Waals surface area contributed by atoms with Gasteiger partial charge in [-0.3, -0.25) is 14.6 Å². The summed E-state index contributed by atoms with van der Waals surface area (Å²) in [5, 5.41) is 2.90. The summed E-state index contributed by atoms with van der Waals surface area (Å²) in [4.78, 5) is 31.6. The number of nitrogens with zero attached hydrogens (tertiary/aromatic N) is 2. The zero-order chi connectivity index (χ0) is 25.5. The van der Waals surface area contributed by atoms with Crippen LogP contribution in [-0.2, 0) is 11.3 Å². The molecule has 188 valence electrons. The van der Waals surface area contributed by atoms with Gasteiger partial charge in [-0.1, -0.05) is 12.1 Å². The minimum Gasteiger partial charge on any atom is -0.493 e. The monoisotopic (exact) mass is 491 g/mol. The average molecular weight is 492 g/mol. The molecule has 2 amide bonds. The van der Waals surface area contributed by atoms with Gasteiger partial charge in [-0.25, -0.2) is 0 Å². The number of carbonyl (C=O) groups is 2. The number of aromatic nitrogens is 1. The minimum absolute atomic E-state index is 0.0112. The number of morpholine rings is 1. The van der Waals surface area contributed by atoms with Crippen molar-refractivity contribution in [2.24, 2.45) is 0 Å². The second kappa shape index (κ2) is 11.5. The van der Waals surface area contributed by atoms with Crippen molar-refractivity contribution >= 4 is 11.8 Å². The lowest BCUT2D eigenvalue weighted by atomic mass is 10.0. The summed E-state index contributed by atoms with van der Waals surface area (Å²) in [6.07, 6.45) is 3.21.